The molecule has 1 fully saturated rings. The third-order valence-corrected chi connectivity index (χ3v) is 2.74. The van der Waals surface area contributed by atoms with Crippen LogP contribution in [-0.4, -0.2) is 23.5 Å². The van der Waals surface area contributed by atoms with Crippen LogP contribution in [0.1, 0.15) is 5.56 Å². The van der Waals surface area contributed by atoms with Crippen LogP contribution in [0.2, 0.25) is 0 Å². The minimum Gasteiger partial charge on any atom is -0.374 e. The molecule has 0 aliphatic carbocycles. The monoisotopic (exact) mass is 228 g/mol. The van der Waals surface area contributed by atoms with Gasteiger partial charge in [-0.1, -0.05) is 30.3 Å². The third kappa shape index (κ3) is 3.39. The van der Waals surface area contributed by atoms with Gasteiger partial charge in [0.2, 0.25) is 0 Å². The van der Waals surface area contributed by atoms with Crippen LogP contribution in [0.25, 0.3) is 0 Å². The number of rotatable bonds is 4. The molecule has 1 saturated heterocycles. The van der Waals surface area contributed by atoms with Gasteiger partial charge in [0.1, 0.15) is 6.10 Å². The van der Waals surface area contributed by atoms with Gasteiger partial charge < -0.3 is 4.74 Å². The Labute approximate surface area is 91.0 Å². The van der Waals surface area contributed by atoms with E-state index in [2.05, 4.69) is 0 Å². The van der Waals surface area contributed by atoms with E-state index in [0.717, 1.165) is 5.56 Å². The maximum atomic E-state index is 10.7. The summed E-state index contributed by atoms with van der Waals surface area (Å²) in [4.78, 5) is 0. The Morgan fingerprint density at radius 2 is 2.20 bits per heavy atom. The molecule has 4 nitrogen and oxygen atoms in total. The number of benzene rings is 1. The predicted octanol–water partition coefficient (Wildman–Crippen LogP) is 1.20. The summed E-state index contributed by atoms with van der Waals surface area (Å²) < 4.78 is 25.8. The standard InChI is InChI=1S/C10H12O4S/c11-15-13-8-10(14-15)7-12-6-9-4-2-1-3-5-9/h1-5,10H,6-8H2. The average Bonchev–Trinajstić information content (AvgIpc) is 2.66. The zero-order chi connectivity index (χ0) is 10.5. The number of ether oxygens (including phenoxy) is 1. The summed E-state index contributed by atoms with van der Waals surface area (Å²) in [5.41, 5.74) is 1.11. The van der Waals surface area contributed by atoms with Gasteiger partial charge >= 0.3 is 11.4 Å². The Kier molecular flexibility index (Phi) is 3.85. The normalized spacial score (nSPS) is 25.6. The Hall–Kier alpha value is -0.750. The second-order valence-corrected chi connectivity index (χ2v) is 4.04. The molecule has 0 bridgehead atoms. The van der Waals surface area contributed by atoms with Crippen molar-refractivity contribution in [2.75, 3.05) is 13.2 Å². The van der Waals surface area contributed by atoms with Gasteiger partial charge in [0, 0.05) is 0 Å². The summed E-state index contributed by atoms with van der Waals surface area (Å²) in [7, 11) is 0. The van der Waals surface area contributed by atoms with Crippen molar-refractivity contribution < 1.29 is 17.3 Å². The highest BCUT2D eigenvalue weighted by atomic mass is 32.2. The molecule has 0 saturated carbocycles. The first-order valence-corrected chi connectivity index (χ1v) is 5.68. The van der Waals surface area contributed by atoms with E-state index < -0.39 is 11.4 Å². The molecule has 2 rings (SSSR count). The van der Waals surface area contributed by atoms with Crippen molar-refractivity contribution in [2.24, 2.45) is 0 Å². The fraction of sp³-hybridized carbons (Fsp3) is 0.400. The first kappa shape index (κ1) is 10.8. The van der Waals surface area contributed by atoms with E-state index in [1.165, 1.54) is 0 Å². The second kappa shape index (κ2) is 5.37. The topological polar surface area (TPSA) is 44.8 Å². The summed E-state index contributed by atoms with van der Waals surface area (Å²) in [6, 6.07) is 9.86. The van der Waals surface area contributed by atoms with Gasteiger partial charge in [0.15, 0.2) is 0 Å². The summed E-state index contributed by atoms with van der Waals surface area (Å²) >= 11 is -1.58. The van der Waals surface area contributed by atoms with E-state index in [1.807, 2.05) is 30.3 Å². The van der Waals surface area contributed by atoms with E-state index >= 15 is 0 Å². The largest absolute Gasteiger partial charge is 0.374 e. The zero-order valence-electron chi connectivity index (χ0n) is 8.13. The van der Waals surface area contributed by atoms with Gasteiger partial charge in [-0.2, -0.15) is 4.21 Å². The zero-order valence-corrected chi connectivity index (χ0v) is 8.94. The van der Waals surface area contributed by atoms with E-state index in [-0.39, 0.29) is 6.10 Å². The van der Waals surface area contributed by atoms with Crippen molar-refractivity contribution in [1.29, 1.82) is 0 Å². The average molecular weight is 228 g/mol. The summed E-state index contributed by atoms with van der Waals surface area (Å²) in [6.07, 6.45) is -0.213. The maximum absolute atomic E-state index is 10.7. The van der Waals surface area contributed by atoms with Crippen LogP contribution in [0, 0.1) is 0 Å². The summed E-state index contributed by atoms with van der Waals surface area (Å²) in [5.74, 6) is 0. The van der Waals surface area contributed by atoms with Crippen LogP contribution >= 0.6 is 0 Å². The molecule has 0 amide bonds. The van der Waals surface area contributed by atoms with Crippen molar-refractivity contribution in [2.45, 2.75) is 12.7 Å². The lowest BCUT2D eigenvalue weighted by Gasteiger charge is -2.06. The van der Waals surface area contributed by atoms with Gasteiger partial charge in [0.25, 0.3) is 0 Å². The highest BCUT2D eigenvalue weighted by molar-refractivity contribution is 7.75. The fourth-order valence-electron chi connectivity index (χ4n) is 1.26. The molecule has 0 N–H and O–H groups in total. The van der Waals surface area contributed by atoms with Crippen LogP contribution in [-0.2, 0) is 31.1 Å². The van der Waals surface area contributed by atoms with Crippen LogP contribution in [0.4, 0.5) is 0 Å². The molecule has 1 aromatic carbocycles. The molecule has 2 atom stereocenters. The Balaban J connectivity index is 1.69. The molecule has 1 aliphatic heterocycles. The smallest absolute Gasteiger partial charge is 0.305 e. The molecule has 15 heavy (non-hydrogen) atoms. The molecule has 1 heterocycles. The van der Waals surface area contributed by atoms with Gasteiger partial charge in [-0.3, -0.25) is 8.37 Å². The molecule has 2 unspecified atom stereocenters. The molecule has 0 radical (unpaired) electrons. The van der Waals surface area contributed by atoms with Gasteiger partial charge in [-0.15, -0.1) is 0 Å². The SMILES string of the molecule is O=S1OCC(COCc2ccccc2)O1. The van der Waals surface area contributed by atoms with Gasteiger partial charge in [-0.05, 0) is 5.56 Å². The van der Waals surface area contributed by atoms with Crippen LogP contribution in [0.15, 0.2) is 30.3 Å². The van der Waals surface area contributed by atoms with Crippen molar-refractivity contribution in [3.05, 3.63) is 35.9 Å². The van der Waals surface area contributed by atoms with Crippen LogP contribution in [0.5, 0.6) is 0 Å². The van der Waals surface area contributed by atoms with E-state index in [0.29, 0.717) is 19.8 Å². The molecule has 0 aromatic heterocycles. The molecule has 1 aromatic rings. The molecular formula is C10H12O4S. The van der Waals surface area contributed by atoms with Crippen molar-refractivity contribution in [1.82, 2.24) is 0 Å². The van der Waals surface area contributed by atoms with E-state index in [4.69, 9.17) is 13.1 Å². The quantitative estimate of drug-likeness (QED) is 0.776. The van der Waals surface area contributed by atoms with Crippen LogP contribution in [0.3, 0.4) is 0 Å². The Bertz CT molecular complexity index is 327. The van der Waals surface area contributed by atoms with E-state index in [1.54, 1.807) is 0 Å². The Morgan fingerprint density at radius 3 is 2.87 bits per heavy atom. The first-order valence-electron chi connectivity index (χ1n) is 4.68. The van der Waals surface area contributed by atoms with Gasteiger partial charge in [0.05, 0.1) is 19.8 Å². The van der Waals surface area contributed by atoms with Crippen molar-refractivity contribution >= 4 is 11.4 Å². The third-order valence-electron chi connectivity index (χ3n) is 1.98. The predicted molar refractivity (Wildman–Crippen MR) is 55.1 cm³/mol. The Morgan fingerprint density at radius 1 is 1.40 bits per heavy atom. The minimum atomic E-state index is -1.58. The lowest BCUT2D eigenvalue weighted by atomic mass is 10.2. The molecule has 0 spiro atoms. The first-order chi connectivity index (χ1) is 7.34. The lowest BCUT2D eigenvalue weighted by Crippen LogP contribution is -2.17. The molecule has 82 valence electrons. The highest BCUT2D eigenvalue weighted by Gasteiger charge is 2.23. The molecular weight excluding hydrogens is 216 g/mol. The lowest BCUT2D eigenvalue weighted by molar-refractivity contribution is 0.0519. The molecule has 1 aliphatic rings. The van der Waals surface area contributed by atoms with Crippen LogP contribution < -0.4 is 0 Å². The maximum Gasteiger partial charge on any atom is 0.305 e. The summed E-state index contributed by atoms with van der Waals surface area (Å²) in [5, 5.41) is 0. The van der Waals surface area contributed by atoms with Crippen molar-refractivity contribution in [3.8, 4) is 0 Å². The second-order valence-electron chi connectivity index (χ2n) is 3.21. The van der Waals surface area contributed by atoms with Crippen molar-refractivity contribution in [3.63, 3.8) is 0 Å². The number of hydrogen-bond acceptors (Lipinski definition) is 4. The fourth-order valence-corrected chi connectivity index (χ4v) is 1.91. The van der Waals surface area contributed by atoms with Gasteiger partial charge in [-0.25, -0.2) is 0 Å². The minimum absolute atomic E-state index is 0.213. The van der Waals surface area contributed by atoms with E-state index in [9.17, 15) is 4.21 Å². The summed E-state index contributed by atoms with van der Waals surface area (Å²) in [6.45, 7) is 1.27. The number of hydrogen-bond donors (Lipinski definition) is 0. The highest BCUT2D eigenvalue weighted by Crippen LogP contribution is 2.10. The molecule has 5 heteroatoms.